The summed E-state index contributed by atoms with van der Waals surface area (Å²) < 4.78 is 0. The third-order valence-corrected chi connectivity index (χ3v) is 6.94. The molecule has 3 nitrogen and oxygen atoms in total. The second kappa shape index (κ2) is 8.08. The van der Waals surface area contributed by atoms with Gasteiger partial charge in [0, 0.05) is 24.9 Å². The largest absolute Gasteiger partial charge is 0.385 e. The molecule has 0 radical (unpaired) electrons. The van der Waals surface area contributed by atoms with Gasteiger partial charge >= 0.3 is 0 Å². The number of piperidine rings is 1. The van der Waals surface area contributed by atoms with Crippen LogP contribution in [0.1, 0.15) is 55.2 Å². The maximum absolute atomic E-state index is 13.1. The minimum atomic E-state index is -0.806. The van der Waals surface area contributed by atoms with Crippen molar-refractivity contribution < 1.29 is 9.90 Å². The van der Waals surface area contributed by atoms with Crippen LogP contribution >= 0.6 is 0 Å². The molecule has 2 aromatic carbocycles. The van der Waals surface area contributed by atoms with Gasteiger partial charge in [0.1, 0.15) is 0 Å². The Kier molecular flexibility index (Phi) is 5.54. The molecule has 1 unspecified atom stereocenters. The predicted molar refractivity (Wildman–Crippen MR) is 112 cm³/mol. The number of carbonyl (C=O) groups excluding carboxylic acids is 1. The van der Waals surface area contributed by atoms with Crippen LogP contribution in [0, 0.1) is 12.8 Å². The van der Waals surface area contributed by atoms with Gasteiger partial charge in [0.15, 0.2) is 0 Å². The third-order valence-electron chi connectivity index (χ3n) is 6.94. The second-order valence-corrected chi connectivity index (χ2v) is 8.51. The fourth-order valence-electron chi connectivity index (χ4n) is 5.35. The topological polar surface area (TPSA) is 40.5 Å². The SMILES string of the molecule is Cc1ccccc1CCC(=O)N1CCC(O)(c2ccccc2)[C@H]2CCCC[C@H]21. The molecule has 1 aliphatic heterocycles. The van der Waals surface area contributed by atoms with Gasteiger partial charge in [0.05, 0.1) is 5.60 Å². The van der Waals surface area contributed by atoms with Crippen LogP contribution in [0.25, 0.3) is 0 Å². The minimum absolute atomic E-state index is 0.139. The van der Waals surface area contributed by atoms with Gasteiger partial charge in [0.2, 0.25) is 5.91 Å². The van der Waals surface area contributed by atoms with E-state index >= 15 is 0 Å². The van der Waals surface area contributed by atoms with Gasteiger partial charge in [-0.3, -0.25) is 4.79 Å². The number of carbonyl (C=O) groups is 1. The van der Waals surface area contributed by atoms with Crippen LogP contribution in [0.2, 0.25) is 0 Å². The van der Waals surface area contributed by atoms with Crippen molar-refractivity contribution in [2.45, 2.75) is 63.5 Å². The van der Waals surface area contributed by atoms with E-state index in [1.807, 2.05) is 42.5 Å². The van der Waals surface area contributed by atoms with Crippen molar-refractivity contribution in [3.05, 3.63) is 71.3 Å². The van der Waals surface area contributed by atoms with Gasteiger partial charge in [-0.15, -0.1) is 0 Å². The first-order valence-electron chi connectivity index (χ1n) is 10.7. The molecule has 0 bridgehead atoms. The van der Waals surface area contributed by atoms with E-state index in [2.05, 4.69) is 24.0 Å². The van der Waals surface area contributed by atoms with Crippen LogP contribution in [0.3, 0.4) is 0 Å². The number of rotatable bonds is 4. The van der Waals surface area contributed by atoms with E-state index in [0.29, 0.717) is 19.4 Å². The van der Waals surface area contributed by atoms with Gasteiger partial charge in [-0.2, -0.15) is 0 Å². The molecule has 3 atom stereocenters. The molecule has 0 spiro atoms. The summed E-state index contributed by atoms with van der Waals surface area (Å²) in [5.41, 5.74) is 2.72. The average molecular weight is 378 g/mol. The molecule has 4 rings (SSSR count). The van der Waals surface area contributed by atoms with Gasteiger partial charge in [-0.1, -0.05) is 67.4 Å². The zero-order valence-corrected chi connectivity index (χ0v) is 16.8. The van der Waals surface area contributed by atoms with Crippen molar-refractivity contribution in [1.29, 1.82) is 0 Å². The molecule has 2 fully saturated rings. The van der Waals surface area contributed by atoms with E-state index in [4.69, 9.17) is 0 Å². The summed E-state index contributed by atoms with van der Waals surface area (Å²) in [6.45, 7) is 2.76. The normalized spacial score (nSPS) is 27.3. The van der Waals surface area contributed by atoms with Gasteiger partial charge < -0.3 is 10.0 Å². The lowest BCUT2D eigenvalue weighted by atomic mass is 9.66. The molecular formula is C25H31NO2. The van der Waals surface area contributed by atoms with Crippen LogP contribution in [-0.4, -0.2) is 28.5 Å². The molecule has 2 aromatic rings. The first-order valence-corrected chi connectivity index (χ1v) is 10.7. The van der Waals surface area contributed by atoms with Crippen molar-refractivity contribution in [1.82, 2.24) is 4.90 Å². The van der Waals surface area contributed by atoms with Crippen molar-refractivity contribution in [2.75, 3.05) is 6.54 Å². The fraction of sp³-hybridized carbons (Fsp3) is 0.480. The molecule has 1 aliphatic carbocycles. The number of amides is 1. The number of hydrogen-bond donors (Lipinski definition) is 1. The Morgan fingerprint density at radius 2 is 1.79 bits per heavy atom. The maximum Gasteiger partial charge on any atom is 0.223 e. The minimum Gasteiger partial charge on any atom is -0.385 e. The number of fused-ring (bicyclic) bond motifs is 1. The lowest BCUT2D eigenvalue weighted by molar-refractivity contribution is -0.154. The zero-order chi connectivity index (χ0) is 19.6. The van der Waals surface area contributed by atoms with Gasteiger partial charge in [-0.05, 0) is 49.3 Å². The summed E-state index contributed by atoms with van der Waals surface area (Å²) >= 11 is 0. The lowest BCUT2D eigenvalue weighted by Crippen LogP contribution is -2.59. The van der Waals surface area contributed by atoms with Crippen LogP contribution in [0.5, 0.6) is 0 Å². The average Bonchev–Trinajstić information content (AvgIpc) is 2.74. The predicted octanol–water partition coefficient (Wildman–Crippen LogP) is 4.61. The summed E-state index contributed by atoms with van der Waals surface area (Å²) in [6, 6.07) is 18.6. The molecule has 3 heteroatoms. The highest BCUT2D eigenvalue weighted by Gasteiger charge is 2.50. The standard InChI is InChI=1S/C25H31NO2/c1-19-9-5-6-10-20(19)15-16-24(27)26-18-17-25(28,21-11-3-2-4-12-21)22-13-7-8-14-23(22)26/h2-6,9-12,22-23,28H,7-8,13-18H2,1H3/t22-,23+,25?/m0/s1. The van der Waals surface area contributed by atoms with Gasteiger partial charge in [0.25, 0.3) is 0 Å². The molecule has 0 aromatic heterocycles. The summed E-state index contributed by atoms with van der Waals surface area (Å²) in [5.74, 6) is 0.384. The van der Waals surface area contributed by atoms with E-state index in [1.54, 1.807) is 0 Å². The molecule has 1 saturated carbocycles. The third kappa shape index (κ3) is 3.60. The smallest absolute Gasteiger partial charge is 0.223 e. The summed E-state index contributed by atoms with van der Waals surface area (Å²) in [4.78, 5) is 15.2. The van der Waals surface area contributed by atoms with E-state index in [1.165, 1.54) is 11.1 Å². The Morgan fingerprint density at radius 3 is 2.57 bits per heavy atom. The first-order chi connectivity index (χ1) is 13.6. The Hall–Kier alpha value is -2.13. The molecule has 148 valence electrons. The molecule has 1 amide bonds. The molecule has 2 aliphatic rings. The molecule has 28 heavy (non-hydrogen) atoms. The quantitative estimate of drug-likeness (QED) is 0.845. The van der Waals surface area contributed by atoms with E-state index in [9.17, 15) is 9.90 Å². The van der Waals surface area contributed by atoms with Gasteiger partial charge in [-0.25, -0.2) is 0 Å². The second-order valence-electron chi connectivity index (χ2n) is 8.51. The summed E-state index contributed by atoms with van der Waals surface area (Å²) in [6.07, 6.45) is 6.27. The number of hydrogen-bond acceptors (Lipinski definition) is 2. The Labute approximate surface area is 168 Å². The van der Waals surface area contributed by atoms with E-state index in [0.717, 1.165) is 37.7 Å². The van der Waals surface area contributed by atoms with Crippen LogP contribution in [0.4, 0.5) is 0 Å². The molecule has 1 heterocycles. The molecular weight excluding hydrogens is 346 g/mol. The fourth-order valence-corrected chi connectivity index (χ4v) is 5.35. The van der Waals surface area contributed by atoms with Crippen LogP contribution in [-0.2, 0) is 16.8 Å². The number of benzene rings is 2. The first kappa shape index (κ1) is 19.2. The van der Waals surface area contributed by atoms with Crippen molar-refractivity contribution >= 4 is 5.91 Å². The van der Waals surface area contributed by atoms with Crippen molar-refractivity contribution in [3.8, 4) is 0 Å². The Morgan fingerprint density at radius 1 is 1.07 bits per heavy atom. The summed E-state index contributed by atoms with van der Waals surface area (Å²) in [5, 5.41) is 11.6. The van der Waals surface area contributed by atoms with E-state index < -0.39 is 5.60 Å². The van der Waals surface area contributed by atoms with Crippen molar-refractivity contribution in [2.24, 2.45) is 5.92 Å². The number of aryl methyl sites for hydroxylation is 2. The Bertz CT molecular complexity index is 818. The molecule has 1 saturated heterocycles. The highest BCUT2D eigenvalue weighted by Crippen LogP contribution is 2.47. The van der Waals surface area contributed by atoms with E-state index in [-0.39, 0.29) is 17.9 Å². The lowest BCUT2D eigenvalue weighted by Gasteiger charge is -2.52. The number of aliphatic hydroxyl groups is 1. The monoisotopic (exact) mass is 377 g/mol. The summed E-state index contributed by atoms with van der Waals surface area (Å²) in [7, 11) is 0. The van der Waals surface area contributed by atoms with Crippen LogP contribution < -0.4 is 0 Å². The number of nitrogens with zero attached hydrogens (tertiary/aromatic N) is 1. The highest BCUT2D eigenvalue weighted by molar-refractivity contribution is 5.77. The number of likely N-dealkylation sites (tertiary alicyclic amines) is 1. The maximum atomic E-state index is 13.1. The zero-order valence-electron chi connectivity index (χ0n) is 16.8. The highest BCUT2D eigenvalue weighted by atomic mass is 16.3. The van der Waals surface area contributed by atoms with Crippen LogP contribution in [0.15, 0.2) is 54.6 Å². The Balaban J connectivity index is 1.50. The molecule has 1 N–H and O–H groups in total. The van der Waals surface area contributed by atoms with Crippen molar-refractivity contribution in [3.63, 3.8) is 0 Å².